The van der Waals surface area contributed by atoms with Gasteiger partial charge in [-0.25, -0.2) is 0 Å². The molecule has 1 aromatic carbocycles. The molecular formula is C11H15NO4. The number of hydrogen-bond donors (Lipinski definition) is 3. The summed E-state index contributed by atoms with van der Waals surface area (Å²) in [5, 5.41) is 20.4. The SMILES string of the molecule is O=C(O)CNCC(O)COc1ccccc1. The predicted octanol–water partition coefficient (Wildman–Crippen LogP) is 0.100. The largest absolute Gasteiger partial charge is 0.491 e. The van der Waals surface area contributed by atoms with E-state index in [1.54, 1.807) is 12.1 Å². The molecule has 16 heavy (non-hydrogen) atoms. The maximum Gasteiger partial charge on any atom is 0.317 e. The van der Waals surface area contributed by atoms with Crippen LogP contribution in [0.15, 0.2) is 30.3 Å². The lowest BCUT2D eigenvalue weighted by Crippen LogP contribution is -2.34. The molecule has 0 aliphatic rings. The van der Waals surface area contributed by atoms with Crippen LogP contribution in [-0.4, -0.2) is 42.0 Å². The molecule has 5 heteroatoms. The molecule has 1 atom stereocenters. The molecule has 1 aromatic rings. The van der Waals surface area contributed by atoms with Crippen LogP contribution in [0.3, 0.4) is 0 Å². The quantitative estimate of drug-likeness (QED) is 0.613. The fraction of sp³-hybridized carbons (Fsp3) is 0.364. The number of benzene rings is 1. The number of ether oxygens (including phenoxy) is 1. The third kappa shape index (κ3) is 5.33. The van der Waals surface area contributed by atoms with Gasteiger partial charge in [0.05, 0.1) is 6.54 Å². The maximum atomic E-state index is 10.2. The molecule has 0 aromatic heterocycles. The summed E-state index contributed by atoms with van der Waals surface area (Å²) in [6.07, 6.45) is -0.723. The zero-order chi connectivity index (χ0) is 11.8. The Hall–Kier alpha value is -1.59. The first-order valence-electron chi connectivity index (χ1n) is 4.97. The Morgan fingerprint density at radius 2 is 2.06 bits per heavy atom. The van der Waals surface area contributed by atoms with Gasteiger partial charge < -0.3 is 20.3 Å². The number of aliphatic hydroxyl groups excluding tert-OH is 1. The number of hydrogen-bond acceptors (Lipinski definition) is 4. The van der Waals surface area contributed by atoms with Gasteiger partial charge in [0.15, 0.2) is 0 Å². The predicted molar refractivity (Wildman–Crippen MR) is 58.4 cm³/mol. The first-order valence-corrected chi connectivity index (χ1v) is 4.97. The van der Waals surface area contributed by atoms with Crippen molar-refractivity contribution in [3.05, 3.63) is 30.3 Å². The van der Waals surface area contributed by atoms with Crippen molar-refractivity contribution in [3.63, 3.8) is 0 Å². The summed E-state index contributed by atoms with van der Waals surface area (Å²) in [4.78, 5) is 10.2. The van der Waals surface area contributed by atoms with E-state index >= 15 is 0 Å². The highest BCUT2D eigenvalue weighted by atomic mass is 16.5. The zero-order valence-electron chi connectivity index (χ0n) is 8.80. The van der Waals surface area contributed by atoms with Crippen molar-refractivity contribution in [3.8, 4) is 5.75 Å². The minimum Gasteiger partial charge on any atom is -0.491 e. The molecule has 5 nitrogen and oxygen atoms in total. The van der Waals surface area contributed by atoms with Crippen LogP contribution in [0.2, 0.25) is 0 Å². The van der Waals surface area contributed by atoms with Gasteiger partial charge in [-0.3, -0.25) is 4.79 Å². The molecule has 0 aliphatic heterocycles. The summed E-state index contributed by atoms with van der Waals surface area (Å²) in [7, 11) is 0. The second kappa shape index (κ2) is 6.81. The lowest BCUT2D eigenvalue weighted by Gasteiger charge is -2.12. The monoisotopic (exact) mass is 225 g/mol. The summed E-state index contributed by atoms with van der Waals surface area (Å²) in [6, 6.07) is 9.13. The Bertz CT molecular complexity index is 315. The van der Waals surface area contributed by atoms with Gasteiger partial charge in [-0.2, -0.15) is 0 Å². The van der Waals surface area contributed by atoms with E-state index in [9.17, 15) is 9.90 Å². The van der Waals surface area contributed by atoms with Crippen molar-refractivity contribution >= 4 is 5.97 Å². The van der Waals surface area contributed by atoms with E-state index in [0.29, 0.717) is 5.75 Å². The highest BCUT2D eigenvalue weighted by Gasteiger charge is 2.05. The molecule has 88 valence electrons. The Morgan fingerprint density at radius 3 is 2.69 bits per heavy atom. The lowest BCUT2D eigenvalue weighted by atomic mass is 10.3. The van der Waals surface area contributed by atoms with E-state index in [1.165, 1.54) is 0 Å². The molecule has 0 fully saturated rings. The van der Waals surface area contributed by atoms with Gasteiger partial charge in [0.2, 0.25) is 0 Å². The molecular weight excluding hydrogens is 210 g/mol. The molecule has 1 unspecified atom stereocenters. The first kappa shape index (κ1) is 12.5. The highest BCUT2D eigenvalue weighted by molar-refractivity contribution is 5.68. The van der Waals surface area contributed by atoms with Crippen molar-refractivity contribution in [2.75, 3.05) is 19.7 Å². The summed E-state index contributed by atoms with van der Waals surface area (Å²) in [5.41, 5.74) is 0. The van der Waals surface area contributed by atoms with Gasteiger partial charge in [0.25, 0.3) is 0 Å². The summed E-state index contributed by atoms with van der Waals surface area (Å²) in [6.45, 7) is 0.165. The molecule has 0 saturated heterocycles. The van der Waals surface area contributed by atoms with E-state index < -0.39 is 12.1 Å². The molecule has 0 spiro atoms. The summed E-state index contributed by atoms with van der Waals surface area (Å²) < 4.78 is 5.29. The van der Waals surface area contributed by atoms with E-state index in [4.69, 9.17) is 9.84 Å². The average Bonchev–Trinajstić information content (AvgIpc) is 2.27. The van der Waals surface area contributed by atoms with Gasteiger partial charge in [-0.15, -0.1) is 0 Å². The first-order chi connectivity index (χ1) is 7.68. The molecule has 0 bridgehead atoms. The maximum absolute atomic E-state index is 10.2. The minimum atomic E-state index is -0.948. The van der Waals surface area contributed by atoms with E-state index in [1.807, 2.05) is 18.2 Å². The average molecular weight is 225 g/mol. The van der Waals surface area contributed by atoms with Crippen LogP contribution in [0.1, 0.15) is 0 Å². The van der Waals surface area contributed by atoms with Crippen molar-refractivity contribution in [1.29, 1.82) is 0 Å². The Balaban J connectivity index is 2.15. The smallest absolute Gasteiger partial charge is 0.317 e. The molecule has 0 amide bonds. The third-order valence-electron chi connectivity index (χ3n) is 1.84. The topological polar surface area (TPSA) is 78.8 Å². The zero-order valence-corrected chi connectivity index (χ0v) is 8.80. The van der Waals surface area contributed by atoms with Crippen LogP contribution in [-0.2, 0) is 4.79 Å². The van der Waals surface area contributed by atoms with Crippen LogP contribution in [0.5, 0.6) is 5.75 Å². The Kier molecular flexibility index (Phi) is 5.31. The number of aliphatic hydroxyl groups is 1. The normalized spacial score (nSPS) is 12.1. The molecule has 1 rings (SSSR count). The molecule has 0 heterocycles. The number of carbonyl (C=O) groups is 1. The second-order valence-electron chi connectivity index (χ2n) is 3.30. The van der Waals surface area contributed by atoms with Gasteiger partial charge in [0, 0.05) is 6.54 Å². The minimum absolute atomic E-state index is 0.136. The van der Waals surface area contributed by atoms with Gasteiger partial charge >= 0.3 is 5.97 Å². The lowest BCUT2D eigenvalue weighted by molar-refractivity contribution is -0.136. The van der Waals surface area contributed by atoms with Crippen molar-refractivity contribution in [2.45, 2.75) is 6.10 Å². The van der Waals surface area contributed by atoms with Gasteiger partial charge in [-0.1, -0.05) is 18.2 Å². The number of rotatable bonds is 7. The van der Waals surface area contributed by atoms with E-state index in [-0.39, 0.29) is 19.7 Å². The number of carboxylic acid groups (broad SMARTS) is 1. The molecule has 3 N–H and O–H groups in total. The fourth-order valence-electron chi connectivity index (χ4n) is 1.11. The molecule has 0 aliphatic carbocycles. The second-order valence-corrected chi connectivity index (χ2v) is 3.30. The molecule has 0 radical (unpaired) electrons. The fourth-order valence-corrected chi connectivity index (χ4v) is 1.11. The van der Waals surface area contributed by atoms with Crippen LogP contribution < -0.4 is 10.1 Å². The molecule has 0 saturated carbocycles. The summed E-state index contributed by atoms with van der Waals surface area (Å²) in [5.74, 6) is -0.268. The van der Waals surface area contributed by atoms with Crippen molar-refractivity contribution in [2.24, 2.45) is 0 Å². The van der Waals surface area contributed by atoms with E-state index in [0.717, 1.165) is 0 Å². The van der Waals surface area contributed by atoms with Crippen LogP contribution in [0.4, 0.5) is 0 Å². The Morgan fingerprint density at radius 1 is 1.38 bits per heavy atom. The van der Waals surface area contributed by atoms with Crippen LogP contribution in [0.25, 0.3) is 0 Å². The number of aliphatic carboxylic acids is 1. The highest BCUT2D eigenvalue weighted by Crippen LogP contribution is 2.08. The van der Waals surface area contributed by atoms with Gasteiger partial charge in [-0.05, 0) is 12.1 Å². The van der Waals surface area contributed by atoms with Crippen LogP contribution >= 0.6 is 0 Å². The van der Waals surface area contributed by atoms with Crippen LogP contribution in [0, 0.1) is 0 Å². The van der Waals surface area contributed by atoms with Gasteiger partial charge in [0.1, 0.15) is 18.5 Å². The van der Waals surface area contributed by atoms with E-state index in [2.05, 4.69) is 5.32 Å². The third-order valence-corrected chi connectivity index (χ3v) is 1.84. The number of nitrogens with one attached hydrogen (secondary N) is 1. The standard InChI is InChI=1S/C11H15NO4/c13-9(6-12-7-11(14)15)8-16-10-4-2-1-3-5-10/h1-5,9,12-13H,6-8H2,(H,14,15). The number of carboxylic acids is 1. The summed E-state index contributed by atoms with van der Waals surface area (Å²) >= 11 is 0. The number of para-hydroxylation sites is 1. The van der Waals surface area contributed by atoms with Crippen molar-refractivity contribution < 1.29 is 19.7 Å². The van der Waals surface area contributed by atoms with Crippen molar-refractivity contribution in [1.82, 2.24) is 5.32 Å². The Labute approximate surface area is 93.7 Å².